The van der Waals surface area contributed by atoms with E-state index in [0.717, 1.165) is 56.5 Å². The monoisotopic (exact) mass is 378 g/mol. The van der Waals surface area contributed by atoms with Crippen LogP contribution < -0.4 is 0 Å². The van der Waals surface area contributed by atoms with Crippen molar-refractivity contribution in [3.63, 3.8) is 0 Å². The Bertz CT molecular complexity index is 487. The number of nitrogens with zero attached hydrogens (tertiary/aromatic N) is 2. The van der Waals surface area contributed by atoms with Gasteiger partial charge in [0.2, 0.25) is 5.90 Å². The van der Waals surface area contributed by atoms with Crippen LogP contribution in [0.4, 0.5) is 0 Å². The SMILES string of the molecule is C=C(CC(CCC)(CCCCC)C1=NOCC(CC)O1)N(C)/C=C\CCC. The Balaban J connectivity index is 3.03. The van der Waals surface area contributed by atoms with Crippen LogP contribution >= 0.6 is 0 Å². The molecule has 4 nitrogen and oxygen atoms in total. The second-order valence-corrected chi connectivity index (χ2v) is 7.86. The van der Waals surface area contributed by atoms with Crippen LogP contribution in [-0.2, 0) is 9.57 Å². The molecular formula is C23H42N2O2. The summed E-state index contributed by atoms with van der Waals surface area (Å²) in [6, 6.07) is 0. The molecule has 1 aliphatic rings. The van der Waals surface area contributed by atoms with Gasteiger partial charge in [0.25, 0.3) is 0 Å². The van der Waals surface area contributed by atoms with E-state index in [1.54, 1.807) is 0 Å². The van der Waals surface area contributed by atoms with Gasteiger partial charge in [0.15, 0.2) is 6.61 Å². The van der Waals surface area contributed by atoms with E-state index in [9.17, 15) is 0 Å². The number of allylic oxidation sites excluding steroid dienone is 2. The molecule has 1 rings (SSSR count). The number of hydrogen-bond donors (Lipinski definition) is 0. The molecule has 4 heteroatoms. The first-order valence-electron chi connectivity index (χ1n) is 11.0. The maximum absolute atomic E-state index is 6.31. The van der Waals surface area contributed by atoms with E-state index in [1.807, 2.05) is 0 Å². The molecule has 0 fully saturated rings. The second kappa shape index (κ2) is 12.9. The number of rotatable bonds is 14. The first-order valence-corrected chi connectivity index (χ1v) is 11.0. The van der Waals surface area contributed by atoms with E-state index in [-0.39, 0.29) is 11.5 Å². The molecule has 156 valence electrons. The van der Waals surface area contributed by atoms with E-state index >= 15 is 0 Å². The molecule has 0 radical (unpaired) electrons. The predicted molar refractivity (Wildman–Crippen MR) is 116 cm³/mol. The zero-order valence-corrected chi connectivity index (χ0v) is 18.4. The molecule has 0 amide bonds. The lowest BCUT2D eigenvalue weighted by Crippen LogP contribution is -2.40. The van der Waals surface area contributed by atoms with E-state index < -0.39 is 0 Å². The van der Waals surface area contributed by atoms with Crippen molar-refractivity contribution in [3.8, 4) is 0 Å². The van der Waals surface area contributed by atoms with E-state index in [4.69, 9.17) is 9.57 Å². The highest BCUT2D eigenvalue weighted by molar-refractivity contribution is 5.83. The second-order valence-electron chi connectivity index (χ2n) is 7.86. The highest BCUT2D eigenvalue weighted by Gasteiger charge is 2.40. The van der Waals surface area contributed by atoms with Gasteiger partial charge in [-0.3, -0.25) is 0 Å². The molecule has 1 heterocycles. The minimum absolute atomic E-state index is 0.107. The third kappa shape index (κ3) is 7.59. The summed E-state index contributed by atoms with van der Waals surface area (Å²) in [7, 11) is 2.09. The number of unbranched alkanes of at least 4 members (excludes halogenated alkanes) is 3. The average molecular weight is 379 g/mol. The topological polar surface area (TPSA) is 34.1 Å². The van der Waals surface area contributed by atoms with Gasteiger partial charge in [0, 0.05) is 19.2 Å². The van der Waals surface area contributed by atoms with Crippen LogP contribution in [0.5, 0.6) is 0 Å². The van der Waals surface area contributed by atoms with Crippen molar-refractivity contribution in [1.29, 1.82) is 0 Å². The fourth-order valence-corrected chi connectivity index (χ4v) is 3.62. The zero-order chi connectivity index (χ0) is 20.1. The fraction of sp³-hybridized carbons (Fsp3) is 0.783. The Morgan fingerprint density at radius 2 is 1.96 bits per heavy atom. The van der Waals surface area contributed by atoms with Crippen LogP contribution in [0, 0.1) is 5.41 Å². The molecule has 0 aromatic carbocycles. The summed E-state index contributed by atoms with van der Waals surface area (Å²) < 4.78 is 6.31. The number of hydrogen-bond acceptors (Lipinski definition) is 4. The summed E-state index contributed by atoms with van der Waals surface area (Å²) in [5, 5.41) is 4.40. The molecule has 0 spiro atoms. The summed E-state index contributed by atoms with van der Waals surface area (Å²) in [5.41, 5.74) is 0.985. The molecule has 2 unspecified atom stereocenters. The molecule has 0 bridgehead atoms. The van der Waals surface area contributed by atoms with Gasteiger partial charge in [0.05, 0.1) is 5.41 Å². The molecule has 2 atom stereocenters. The summed E-state index contributed by atoms with van der Waals surface area (Å²) >= 11 is 0. The minimum atomic E-state index is -0.123. The molecule has 0 aliphatic carbocycles. The molecule has 27 heavy (non-hydrogen) atoms. The Kier molecular flexibility index (Phi) is 11.2. The Hall–Kier alpha value is -1.45. The average Bonchev–Trinajstić information content (AvgIpc) is 2.68. The quantitative estimate of drug-likeness (QED) is 0.318. The van der Waals surface area contributed by atoms with Crippen molar-refractivity contribution in [2.24, 2.45) is 10.6 Å². The summed E-state index contributed by atoms with van der Waals surface area (Å²) in [5.74, 6) is 0.797. The van der Waals surface area contributed by atoms with Gasteiger partial charge in [-0.1, -0.05) is 77.6 Å². The van der Waals surface area contributed by atoms with Crippen molar-refractivity contribution in [3.05, 3.63) is 24.6 Å². The lowest BCUT2D eigenvalue weighted by atomic mass is 9.74. The number of ether oxygens (including phenoxy) is 1. The predicted octanol–water partition coefficient (Wildman–Crippen LogP) is 6.64. The molecular weight excluding hydrogens is 336 g/mol. The molecule has 0 saturated heterocycles. The van der Waals surface area contributed by atoms with Crippen LogP contribution in [-0.4, -0.2) is 30.6 Å². The lowest BCUT2D eigenvalue weighted by Gasteiger charge is -2.38. The third-order valence-electron chi connectivity index (χ3n) is 5.41. The van der Waals surface area contributed by atoms with Crippen molar-refractivity contribution >= 4 is 5.90 Å². The van der Waals surface area contributed by atoms with Crippen molar-refractivity contribution in [1.82, 2.24) is 4.90 Å². The van der Waals surface area contributed by atoms with Crippen LogP contribution in [0.2, 0.25) is 0 Å². The Morgan fingerprint density at radius 1 is 1.19 bits per heavy atom. The van der Waals surface area contributed by atoms with E-state index in [0.29, 0.717) is 6.61 Å². The zero-order valence-electron chi connectivity index (χ0n) is 18.4. The molecule has 0 aromatic heterocycles. The first-order chi connectivity index (χ1) is 13.0. The van der Waals surface area contributed by atoms with Gasteiger partial charge >= 0.3 is 0 Å². The van der Waals surface area contributed by atoms with Gasteiger partial charge < -0.3 is 14.5 Å². The Labute approximate surface area is 167 Å². The van der Waals surface area contributed by atoms with E-state index in [2.05, 4.69) is 63.7 Å². The molecule has 0 saturated carbocycles. The summed E-state index contributed by atoms with van der Waals surface area (Å²) in [4.78, 5) is 7.73. The van der Waals surface area contributed by atoms with Gasteiger partial charge in [-0.15, -0.1) is 0 Å². The van der Waals surface area contributed by atoms with Crippen LogP contribution in [0.15, 0.2) is 29.7 Å². The largest absolute Gasteiger partial charge is 0.471 e. The van der Waals surface area contributed by atoms with Gasteiger partial charge in [-0.2, -0.15) is 0 Å². The smallest absolute Gasteiger partial charge is 0.232 e. The standard InChI is InChI=1S/C23H42N2O2/c1-7-11-13-16-23(15-9-3,22-24-26-19-21(10-4)27-22)18-20(5)25(6)17-14-12-8-2/h14,17,21H,5,7-13,15-16,18-19H2,1-4,6H3/b17-14-. The van der Waals surface area contributed by atoms with Crippen molar-refractivity contribution in [2.45, 2.75) is 98.0 Å². The highest BCUT2D eigenvalue weighted by Crippen LogP contribution is 2.41. The number of oxime groups is 1. The van der Waals surface area contributed by atoms with Crippen LogP contribution in [0.25, 0.3) is 0 Å². The molecule has 0 aromatic rings. The molecule has 0 N–H and O–H groups in total. The lowest BCUT2D eigenvalue weighted by molar-refractivity contribution is -0.00873. The third-order valence-corrected chi connectivity index (χ3v) is 5.41. The minimum Gasteiger partial charge on any atom is -0.471 e. The van der Waals surface area contributed by atoms with E-state index in [1.165, 1.54) is 19.3 Å². The van der Waals surface area contributed by atoms with Crippen LogP contribution in [0.3, 0.4) is 0 Å². The maximum atomic E-state index is 6.31. The highest BCUT2D eigenvalue weighted by atomic mass is 16.7. The van der Waals surface area contributed by atoms with Gasteiger partial charge in [0.1, 0.15) is 6.10 Å². The summed E-state index contributed by atoms with van der Waals surface area (Å²) in [6.45, 7) is 13.8. The van der Waals surface area contributed by atoms with Gasteiger partial charge in [-0.25, -0.2) is 0 Å². The van der Waals surface area contributed by atoms with Crippen molar-refractivity contribution in [2.75, 3.05) is 13.7 Å². The van der Waals surface area contributed by atoms with Gasteiger partial charge in [-0.05, 0) is 31.9 Å². The Morgan fingerprint density at radius 3 is 2.59 bits per heavy atom. The molecule has 1 aliphatic heterocycles. The fourth-order valence-electron chi connectivity index (χ4n) is 3.62. The summed E-state index contributed by atoms with van der Waals surface area (Å²) in [6.07, 6.45) is 15.3. The van der Waals surface area contributed by atoms with Crippen LogP contribution in [0.1, 0.15) is 91.9 Å². The first kappa shape index (κ1) is 23.6. The van der Waals surface area contributed by atoms with Crippen molar-refractivity contribution < 1.29 is 9.57 Å². The normalized spacial score (nSPS) is 19.1. The maximum Gasteiger partial charge on any atom is 0.232 e.